The maximum Gasteiger partial charge on any atom is 0.390 e. The van der Waals surface area contributed by atoms with E-state index >= 15 is 0 Å². The molecule has 5 nitrogen and oxygen atoms in total. The molecule has 0 bridgehead atoms. The first-order chi connectivity index (χ1) is 8.46. The molecule has 0 saturated carbocycles. The van der Waals surface area contributed by atoms with E-state index in [1.165, 1.54) is 0 Å². The fourth-order valence-electron chi connectivity index (χ4n) is 1.80. The number of nitrogens with one attached hydrogen (secondary N) is 2. The van der Waals surface area contributed by atoms with Crippen molar-refractivity contribution in [3.8, 4) is 0 Å². The lowest BCUT2D eigenvalue weighted by molar-refractivity contribution is -0.137. The summed E-state index contributed by atoms with van der Waals surface area (Å²) in [6, 6.07) is 1.05. The van der Waals surface area contributed by atoms with Crippen LogP contribution in [-0.2, 0) is 0 Å². The predicted molar refractivity (Wildman–Crippen MR) is 61.3 cm³/mol. The zero-order chi connectivity index (χ0) is 13.2. The first-order valence-corrected chi connectivity index (χ1v) is 5.76. The van der Waals surface area contributed by atoms with E-state index in [9.17, 15) is 13.2 Å². The number of nitrogens with two attached hydrogens (primary N) is 1. The lowest BCUT2D eigenvalue weighted by Gasteiger charge is -2.29. The molecule has 1 saturated heterocycles. The van der Waals surface area contributed by atoms with Crippen molar-refractivity contribution in [1.82, 2.24) is 15.1 Å². The molecule has 1 fully saturated rings. The van der Waals surface area contributed by atoms with Crippen molar-refractivity contribution < 1.29 is 13.2 Å². The first-order valence-electron chi connectivity index (χ1n) is 5.76. The number of alkyl halides is 3. The van der Waals surface area contributed by atoms with Crippen molar-refractivity contribution in [2.45, 2.75) is 24.7 Å². The van der Waals surface area contributed by atoms with Gasteiger partial charge in [-0.2, -0.15) is 18.3 Å². The van der Waals surface area contributed by atoms with E-state index in [4.69, 9.17) is 5.73 Å². The number of halogens is 3. The number of hydrogen-bond acceptors (Lipinski definition) is 4. The van der Waals surface area contributed by atoms with Crippen LogP contribution in [0.2, 0.25) is 0 Å². The van der Waals surface area contributed by atoms with E-state index in [1.54, 1.807) is 16.9 Å². The Bertz CT molecular complexity index is 385. The molecule has 102 valence electrons. The molecule has 2 heterocycles. The van der Waals surface area contributed by atoms with Gasteiger partial charge in [0.25, 0.3) is 0 Å². The van der Waals surface area contributed by atoms with E-state index in [2.05, 4.69) is 15.7 Å². The van der Waals surface area contributed by atoms with E-state index in [0.717, 1.165) is 13.1 Å². The summed E-state index contributed by atoms with van der Waals surface area (Å²) in [6.45, 7) is 1.72. The SMILES string of the molecule is NC(CNc1ccnn1C1CNC1)CC(F)(F)F. The van der Waals surface area contributed by atoms with Crippen LogP contribution in [0.5, 0.6) is 0 Å². The van der Waals surface area contributed by atoms with Crippen LogP contribution in [0.4, 0.5) is 19.0 Å². The van der Waals surface area contributed by atoms with Gasteiger partial charge >= 0.3 is 6.18 Å². The minimum Gasteiger partial charge on any atom is -0.369 e. The number of aromatic nitrogens is 2. The molecule has 1 aromatic heterocycles. The summed E-state index contributed by atoms with van der Waals surface area (Å²) in [5.41, 5.74) is 5.42. The number of hydrogen-bond donors (Lipinski definition) is 3. The van der Waals surface area contributed by atoms with Crippen molar-refractivity contribution in [2.75, 3.05) is 25.0 Å². The van der Waals surface area contributed by atoms with Gasteiger partial charge in [0.2, 0.25) is 0 Å². The molecule has 1 aliphatic heterocycles. The van der Waals surface area contributed by atoms with Crippen molar-refractivity contribution >= 4 is 5.82 Å². The summed E-state index contributed by atoms with van der Waals surface area (Å²) in [6.07, 6.45) is -3.59. The Morgan fingerprint density at radius 2 is 2.28 bits per heavy atom. The third-order valence-corrected chi connectivity index (χ3v) is 2.82. The molecule has 1 atom stereocenters. The Morgan fingerprint density at radius 1 is 1.56 bits per heavy atom. The highest BCUT2D eigenvalue weighted by Crippen LogP contribution is 2.21. The normalized spacial score (nSPS) is 18.4. The average molecular weight is 263 g/mol. The van der Waals surface area contributed by atoms with Gasteiger partial charge in [-0.3, -0.25) is 0 Å². The summed E-state index contributed by atoms with van der Waals surface area (Å²) >= 11 is 0. The van der Waals surface area contributed by atoms with Gasteiger partial charge in [0, 0.05) is 31.7 Å². The fourth-order valence-corrected chi connectivity index (χ4v) is 1.80. The van der Waals surface area contributed by atoms with Crippen molar-refractivity contribution in [3.05, 3.63) is 12.3 Å². The van der Waals surface area contributed by atoms with Crippen LogP contribution < -0.4 is 16.4 Å². The van der Waals surface area contributed by atoms with Gasteiger partial charge in [0.15, 0.2) is 0 Å². The van der Waals surface area contributed by atoms with Gasteiger partial charge in [-0.15, -0.1) is 0 Å². The Hall–Kier alpha value is -1.28. The molecule has 1 aliphatic rings. The van der Waals surface area contributed by atoms with E-state index in [0.29, 0.717) is 5.82 Å². The highest BCUT2D eigenvalue weighted by molar-refractivity contribution is 5.35. The molecule has 0 aromatic carbocycles. The second-order valence-electron chi connectivity index (χ2n) is 4.43. The zero-order valence-electron chi connectivity index (χ0n) is 9.74. The second kappa shape index (κ2) is 5.15. The number of nitrogens with zero attached hydrogens (tertiary/aromatic N) is 2. The van der Waals surface area contributed by atoms with Crippen LogP contribution >= 0.6 is 0 Å². The van der Waals surface area contributed by atoms with Crippen molar-refractivity contribution in [3.63, 3.8) is 0 Å². The molecule has 8 heteroatoms. The monoisotopic (exact) mass is 263 g/mol. The third-order valence-electron chi connectivity index (χ3n) is 2.82. The minimum atomic E-state index is -4.22. The maximum absolute atomic E-state index is 12.1. The highest BCUT2D eigenvalue weighted by atomic mass is 19.4. The van der Waals surface area contributed by atoms with Gasteiger partial charge < -0.3 is 16.4 Å². The molecule has 0 radical (unpaired) electrons. The van der Waals surface area contributed by atoms with Crippen LogP contribution in [0.25, 0.3) is 0 Å². The average Bonchev–Trinajstić information content (AvgIpc) is 2.57. The molecule has 0 amide bonds. The number of rotatable bonds is 5. The van der Waals surface area contributed by atoms with Gasteiger partial charge in [-0.1, -0.05) is 0 Å². The standard InChI is InChI=1S/C10H16F3N5/c11-10(12,13)3-7(14)4-16-9-1-2-17-18(9)8-5-15-6-8/h1-2,7-8,15-16H,3-6,14H2. The summed E-state index contributed by atoms with van der Waals surface area (Å²) in [5, 5.41) is 10.2. The summed E-state index contributed by atoms with van der Waals surface area (Å²) in [7, 11) is 0. The molecule has 1 unspecified atom stereocenters. The largest absolute Gasteiger partial charge is 0.390 e. The Morgan fingerprint density at radius 3 is 2.83 bits per heavy atom. The van der Waals surface area contributed by atoms with E-state index in [1.807, 2.05) is 0 Å². The summed E-state index contributed by atoms with van der Waals surface area (Å²) < 4.78 is 38.1. The van der Waals surface area contributed by atoms with Crippen LogP contribution in [0.15, 0.2) is 12.3 Å². The van der Waals surface area contributed by atoms with E-state index < -0.39 is 18.6 Å². The molecule has 0 aliphatic carbocycles. The van der Waals surface area contributed by atoms with Crippen molar-refractivity contribution in [2.24, 2.45) is 5.73 Å². The lowest BCUT2D eigenvalue weighted by Crippen LogP contribution is -2.44. The van der Waals surface area contributed by atoms with E-state index in [-0.39, 0.29) is 12.6 Å². The summed E-state index contributed by atoms with van der Waals surface area (Å²) in [4.78, 5) is 0. The lowest BCUT2D eigenvalue weighted by atomic mass is 10.2. The maximum atomic E-state index is 12.1. The molecule has 18 heavy (non-hydrogen) atoms. The molecule has 0 spiro atoms. The van der Waals surface area contributed by atoms with Crippen LogP contribution in [-0.4, -0.2) is 41.6 Å². The van der Waals surface area contributed by atoms with Crippen LogP contribution in [0.3, 0.4) is 0 Å². The van der Waals surface area contributed by atoms with Gasteiger partial charge in [-0.05, 0) is 0 Å². The molecular weight excluding hydrogens is 247 g/mol. The molecule has 4 N–H and O–H groups in total. The van der Waals surface area contributed by atoms with Crippen LogP contribution in [0.1, 0.15) is 12.5 Å². The second-order valence-corrected chi connectivity index (χ2v) is 4.43. The van der Waals surface area contributed by atoms with Gasteiger partial charge in [0.1, 0.15) is 5.82 Å². The molecular formula is C10H16F3N5. The molecule has 2 rings (SSSR count). The Labute approximate surface area is 103 Å². The highest BCUT2D eigenvalue weighted by Gasteiger charge is 2.30. The van der Waals surface area contributed by atoms with Crippen LogP contribution in [0, 0.1) is 0 Å². The van der Waals surface area contributed by atoms with Crippen molar-refractivity contribution in [1.29, 1.82) is 0 Å². The predicted octanol–water partition coefficient (Wildman–Crippen LogP) is 0.719. The quantitative estimate of drug-likeness (QED) is 0.732. The number of anilines is 1. The smallest absolute Gasteiger partial charge is 0.369 e. The first kappa shape index (κ1) is 13.2. The Kier molecular flexibility index (Phi) is 3.76. The topological polar surface area (TPSA) is 67.9 Å². The van der Waals surface area contributed by atoms with Gasteiger partial charge in [-0.25, -0.2) is 4.68 Å². The zero-order valence-corrected chi connectivity index (χ0v) is 9.74. The summed E-state index contributed by atoms with van der Waals surface area (Å²) in [5.74, 6) is 0.708. The van der Waals surface area contributed by atoms with Gasteiger partial charge in [0.05, 0.1) is 18.7 Å². The third kappa shape index (κ3) is 3.36. The molecule has 1 aromatic rings. The Balaban J connectivity index is 1.84. The minimum absolute atomic E-state index is 0.0748. The fraction of sp³-hybridized carbons (Fsp3) is 0.700.